The minimum absolute atomic E-state index is 0.0789. The molecule has 1 aromatic heterocycles. The Labute approximate surface area is 198 Å². The smallest absolute Gasteiger partial charge is 0.416 e. The van der Waals surface area contributed by atoms with Gasteiger partial charge in [-0.1, -0.05) is 25.3 Å². The third kappa shape index (κ3) is 10.2. The molecule has 0 fully saturated rings. The highest BCUT2D eigenvalue weighted by atomic mass is 32.2. The highest BCUT2D eigenvalue weighted by Crippen LogP contribution is 2.29. The van der Waals surface area contributed by atoms with Crippen LogP contribution < -0.4 is 4.72 Å². The first-order valence-corrected chi connectivity index (χ1v) is 12.8. The number of unbranched alkanes of at least 4 members (excludes halogenated alkanes) is 3. The lowest BCUT2D eigenvalue weighted by molar-refractivity contribution is -0.138. The summed E-state index contributed by atoms with van der Waals surface area (Å²) in [7, 11) is -3.88. The van der Waals surface area contributed by atoms with Gasteiger partial charge in [0.15, 0.2) is 0 Å². The maximum absolute atomic E-state index is 12.6. The van der Waals surface area contributed by atoms with Crippen molar-refractivity contribution in [2.45, 2.75) is 68.9 Å². The topological polar surface area (TPSA) is 96.4 Å². The van der Waals surface area contributed by atoms with E-state index in [-0.39, 0.29) is 23.8 Å². The van der Waals surface area contributed by atoms with Gasteiger partial charge < -0.3 is 5.11 Å². The first kappa shape index (κ1) is 27.8. The number of sulfonamides is 1. The van der Waals surface area contributed by atoms with Crippen molar-refractivity contribution in [3.63, 3.8) is 0 Å². The lowest BCUT2D eigenvalue weighted by Crippen LogP contribution is -2.25. The van der Waals surface area contributed by atoms with E-state index in [0.29, 0.717) is 6.42 Å². The summed E-state index contributed by atoms with van der Waals surface area (Å²) >= 11 is 0. The van der Waals surface area contributed by atoms with Crippen molar-refractivity contribution in [3.8, 4) is 0 Å². The number of aliphatic carboxylic acids is 1. The SMILES string of the molecule is O=C(O)CC(CCCCCNS(=O)(=O)c1ccc(C(F)(F)F)cc1)CCCCc1cccnc1. The molecule has 0 spiro atoms. The zero-order valence-electron chi connectivity index (χ0n) is 18.9. The van der Waals surface area contributed by atoms with Gasteiger partial charge in [0.1, 0.15) is 0 Å². The van der Waals surface area contributed by atoms with E-state index in [1.807, 2.05) is 18.3 Å². The summed E-state index contributed by atoms with van der Waals surface area (Å²) in [5, 5.41) is 9.17. The van der Waals surface area contributed by atoms with Gasteiger partial charge in [0.05, 0.1) is 10.5 Å². The van der Waals surface area contributed by atoms with Gasteiger partial charge in [-0.2, -0.15) is 13.2 Å². The Morgan fingerprint density at radius 3 is 2.26 bits per heavy atom. The van der Waals surface area contributed by atoms with Gasteiger partial charge in [-0.15, -0.1) is 0 Å². The van der Waals surface area contributed by atoms with Crippen LogP contribution in [-0.2, 0) is 27.4 Å². The van der Waals surface area contributed by atoms with Gasteiger partial charge in [0.2, 0.25) is 10.0 Å². The van der Waals surface area contributed by atoms with E-state index in [0.717, 1.165) is 74.8 Å². The maximum atomic E-state index is 12.6. The van der Waals surface area contributed by atoms with Gasteiger partial charge in [-0.25, -0.2) is 13.1 Å². The van der Waals surface area contributed by atoms with E-state index in [9.17, 15) is 31.5 Å². The molecule has 0 radical (unpaired) electrons. The Balaban J connectivity index is 1.67. The highest BCUT2D eigenvalue weighted by molar-refractivity contribution is 7.89. The number of halogens is 3. The van der Waals surface area contributed by atoms with Crippen LogP contribution in [-0.4, -0.2) is 31.0 Å². The molecule has 1 heterocycles. The van der Waals surface area contributed by atoms with Crippen molar-refractivity contribution in [2.75, 3.05) is 6.54 Å². The summed E-state index contributed by atoms with van der Waals surface area (Å²) < 4.78 is 64.8. The molecule has 1 unspecified atom stereocenters. The zero-order chi connectivity index (χ0) is 25.0. The second kappa shape index (κ2) is 13.4. The van der Waals surface area contributed by atoms with Crippen LogP contribution >= 0.6 is 0 Å². The van der Waals surface area contributed by atoms with E-state index in [1.54, 1.807) is 6.20 Å². The van der Waals surface area contributed by atoms with Crippen LogP contribution in [0.5, 0.6) is 0 Å². The molecule has 0 bridgehead atoms. The molecule has 0 saturated carbocycles. The number of pyridine rings is 1. The predicted octanol–water partition coefficient (Wildman–Crippen LogP) is 5.44. The molecule has 2 aromatic rings. The Bertz CT molecular complexity index is 982. The first-order valence-electron chi connectivity index (χ1n) is 11.4. The normalized spacial score (nSPS) is 13.0. The largest absolute Gasteiger partial charge is 0.481 e. The molecule has 0 aliphatic rings. The average Bonchev–Trinajstić information content (AvgIpc) is 2.78. The molecule has 10 heteroatoms. The van der Waals surface area contributed by atoms with E-state index < -0.39 is 27.7 Å². The molecule has 1 aromatic carbocycles. The number of aromatic nitrogens is 1. The fourth-order valence-electron chi connectivity index (χ4n) is 3.75. The number of nitrogens with zero attached hydrogens (tertiary/aromatic N) is 1. The summed E-state index contributed by atoms with van der Waals surface area (Å²) in [4.78, 5) is 15.0. The Hall–Kier alpha value is -2.46. The molecule has 34 heavy (non-hydrogen) atoms. The second-order valence-corrected chi connectivity index (χ2v) is 10.1. The molecule has 1 atom stereocenters. The Morgan fingerprint density at radius 1 is 1.00 bits per heavy atom. The number of rotatable bonds is 15. The van der Waals surface area contributed by atoms with Gasteiger partial charge in [-0.05, 0) is 73.9 Å². The number of aryl methyl sites for hydroxylation is 1. The molecule has 0 amide bonds. The highest BCUT2D eigenvalue weighted by Gasteiger charge is 2.30. The second-order valence-electron chi connectivity index (χ2n) is 8.34. The third-order valence-corrected chi connectivity index (χ3v) is 7.06. The van der Waals surface area contributed by atoms with Crippen LogP contribution in [0.15, 0.2) is 53.7 Å². The number of carboxylic acids is 1. The van der Waals surface area contributed by atoms with Crippen LogP contribution in [0.1, 0.15) is 62.5 Å². The van der Waals surface area contributed by atoms with E-state index in [4.69, 9.17) is 0 Å². The number of nitrogens with one attached hydrogen (secondary N) is 1. The number of carboxylic acid groups (broad SMARTS) is 1. The molecule has 2 N–H and O–H groups in total. The molecular weight excluding hydrogens is 469 g/mol. The lowest BCUT2D eigenvalue weighted by Gasteiger charge is -2.15. The number of alkyl halides is 3. The van der Waals surface area contributed by atoms with Crippen LogP contribution in [0, 0.1) is 5.92 Å². The molecule has 0 aliphatic heterocycles. The summed E-state index contributed by atoms with van der Waals surface area (Å²) in [6, 6.07) is 7.29. The summed E-state index contributed by atoms with van der Waals surface area (Å²) in [5.41, 5.74) is 0.260. The fraction of sp³-hybridized carbons (Fsp3) is 0.500. The maximum Gasteiger partial charge on any atom is 0.416 e. The quantitative estimate of drug-likeness (QED) is 0.317. The predicted molar refractivity (Wildman–Crippen MR) is 123 cm³/mol. The van der Waals surface area contributed by atoms with Gasteiger partial charge in [0, 0.05) is 25.4 Å². The monoisotopic (exact) mass is 500 g/mol. The number of carbonyl (C=O) groups is 1. The summed E-state index contributed by atoms with van der Waals surface area (Å²) in [5.74, 6) is -0.739. The zero-order valence-corrected chi connectivity index (χ0v) is 19.7. The van der Waals surface area contributed by atoms with Gasteiger partial charge >= 0.3 is 12.1 Å². The third-order valence-electron chi connectivity index (χ3n) is 5.59. The average molecular weight is 501 g/mol. The lowest BCUT2D eigenvalue weighted by atomic mass is 9.92. The summed E-state index contributed by atoms with van der Waals surface area (Å²) in [6.07, 6.45) is 5.61. The van der Waals surface area contributed by atoms with E-state index >= 15 is 0 Å². The van der Waals surface area contributed by atoms with Crippen molar-refractivity contribution in [1.29, 1.82) is 0 Å². The fourth-order valence-corrected chi connectivity index (χ4v) is 4.83. The minimum atomic E-state index is -4.52. The van der Waals surface area contributed by atoms with Crippen molar-refractivity contribution in [3.05, 3.63) is 59.9 Å². The minimum Gasteiger partial charge on any atom is -0.481 e. The van der Waals surface area contributed by atoms with Crippen LogP contribution in [0.2, 0.25) is 0 Å². The number of benzene rings is 1. The van der Waals surface area contributed by atoms with E-state index in [2.05, 4.69) is 9.71 Å². The summed E-state index contributed by atoms with van der Waals surface area (Å²) in [6.45, 7) is 0.165. The molecule has 0 saturated heterocycles. The first-order chi connectivity index (χ1) is 16.1. The number of hydrogen-bond acceptors (Lipinski definition) is 4. The van der Waals surface area contributed by atoms with Crippen molar-refractivity contribution < 1.29 is 31.5 Å². The molecule has 188 valence electrons. The van der Waals surface area contributed by atoms with E-state index in [1.165, 1.54) is 0 Å². The van der Waals surface area contributed by atoms with Crippen molar-refractivity contribution in [1.82, 2.24) is 9.71 Å². The van der Waals surface area contributed by atoms with Crippen LogP contribution in [0.4, 0.5) is 13.2 Å². The number of hydrogen-bond donors (Lipinski definition) is 2. The standard InChI is InChI=1S/C24H31F3N2O4S/c25-24(26,27)21-11-13-22(14-12-21)34(32,33)29-16-5-1-2-7-19(17-23(30)31)8-3-4-9-20-10-6-15-28-18-20/h6,10-15,18-19,29H,1-5,7-9,16-17H2,(H,30,31). The Morgan fingerprint density at radius 2 is 1.68 bits per heavy atom. The molecule has 6 nitrogen and oxygen atoms in total. The molecular formula is C24H31F3N2O4S. The van der Waals surface area contributed by atoms with Crippen LogP contribution in [0.3, 0.4) is 0 Å². The molecule has 2 rings (SSSR count). The van der Waals surface area contributed by atoms with Crippen molar-refractivity contribution in [2.24, 2.45) is 5.92 Å². The van der Waals surface area contributed by atoms with Crippen molar-refractivity contribution >= 4 is 16.0 Å². The molecule has 0 aliphatic carbocycles. The van der Waals surface area contributed by atoms with Gasteiger partial charge in [0.25, 0.3) is 0 Å². The Kier molecular flexibility index (Phi) is 11.0. The van der Waals surface area contributed by atoms with Gasteiger partial charge in [-0.3, -0.25) is 9.78 Å². The van der Waals surface area contributed by atoms with Crippen LogP contribution in [0.25, 0.3) is 0 Å².